The van der Waals surface area contributed by atoms with E-state index in [1.165, 1.54) is 18.0 Å². The first-order chi connectivity index (χ1) is 14.8. The van der Waals surface area contributed by atoms with Gasteiger partial charge in [-0.1, -0.05) is 48.4 Å². The lowest BCUT2D eigenvalue weighted by atomic mass is 9.97. The molecule has 0 saturated heterocycles. The summed E-state index contributed by atoms with van der Waals surface area (Å²) in [6.45, 7) is 2.47. The number of aryl methyl sites for hydroxylation is 1. The summed E-state index contributed by atoms with van der Waals surface area (Å²) in [6, 6.07) is 11.2. The minimum absolute atomic E-state index is 0.429. The van der Waals surface area contributed by atoms with E-state index in [1.807, 2.05) is 37.3 Å². The molecule has 166 valence electrons. The smallest absolute Gasteiger partial charge is 0.385 e. The summed E-state index contributed by atoms with van der Waals surface area (Å²) in [5.74, 6) is 0.797. The first-order valence-electron chi connectivity index (χ1n) is 9.74. The maximum atomic E-state index is 12.9. The molecule has 0 saturated carbocycles. The van der Waals surface area contributed by atoms with Crippen molar-refractivity contribution in [2.75, 3.05) is 17.6 Å². The number of benzene rings is 2. The van der Waals surface area contributed by atoms with Gasteiger partial charge >= 0.3 is 6.18 Å². The minimum atomic E-state index is -4.36. The summed E-state index contributed by atoms with van der Waals surface area (Å²) in [7, 11) is 0. The number of hydrogen-bond acceptors (Lipinski definition) is 4. The predicted molar refractivity (Wildman–Crippen MR) is 122 cm³/mol. The van der Waals surface area contributed by atoms with E-state index in [9.17, 15) is 18.0 Å². The van der Waals surface area contributed by atoms with Crippen molar-refractivity contribution in [3.8, 4) is 0 Å². The number of nitrogens with two attached hydrogens (primary N) is 1. The number of carbonyl (C=O) groups excluding carboxylic acids is 1. The molecule has 0 fully saturated rings. The van der Waals surface area contributed by atoms with Crippen LogP contribution < -0.4 is 15.8 Å². The SMILES string of the molecule is Cc1ccc(CCNc2cccc(C(F)(F)F)c2)cc1C(/C=C\CCSN)=C/NC=O. The van der Waals surface area contributed by atoms with Gasteiger partial charge in [0, 0.05) is 24.2 Å². The van der Waals surface area contributed by atoms with Crippen molar-refractivity contribution in [1.29, 1.82) is 0 Å². The van der Waals surface area contributed by atoms with E-state index < -0.39 is 11.7 Å². The molecule has 2 aromatic carbocycles. The van der Waals surface area contributed by atoms with Crippen molar-refractivity contribution >= 4 is 29.6 Å². The Morgan fingerprint density at radius 2 is 2.00 bits per heavy atom. The maximum absolute atomic E-state index is 12.9. The largest absolute Gasteiger partial charge is 0.416 e. The number of anilines is 1. The molecule has 0 bridgehead atoms. The molecule has 2 aromatic rings. The Morgan fingerprint density at radius 1 is 1.19 bits per heavy atom. The van der Waals surface area contributed by atoms with Crippen LogP contribution in [0.15, 0.2) is 60.8 Å². The highest BCUT2D eigenvalue weighted by molar-refractivity contribution is 7.97. The molecule has 2 rings (SSSR count). The zero-order valence-corrected chi connectivity index (χ0v) is 18.0. The molecule has 0 aliphatic rings. The van der Waals surface area contributed by atoms with Crippen molar-refractivity contribution in [3.63, 3.8) is 0 Å². The zero-order chi connectivity index (χ0) is 22.7. The molecule has 0 aliphatic heterocycles. The molecule has 0 aromatic heterocycles. The van der Waals surface area contributed by atoms with Gasteiger partial charge in [-0.3, -0.25) is 9.93 Å². The Labute approximate surface area is 184 Å². The molecule has 0 heterocycles. The molecule has 1 amide bonds. The summed E-state index contributed by atoms with van der Waals surface area (Å²) in [5.41, 5.74) is 3.67. The van der Waals surface area contributed by atoms with E-state index in [4.69, 9.17) is 5.14 Å². The third-order valence-electron chi connectivity index (χ3n) is 4.55. The molecule has 8 heteroatoms. The Kier molecular flexibility index (Phi) is 9.68. The second-order valence-corrected chi connectivity index (χ2v) is 7.59. The van der Waals surface area contributed by atoms with Gasteiger partial charge in [-0.25, -0.2) is 0 Å². The fourth-order valence-corrected chi connectivity index (χ4v) is 3.25. The maximum Gasteiger partial charge on any atom is 0.416 e. The summed E-state index contributed by atoms with van der Waals surface area (Å²) in [4.78, 5) is 10.8. The number of alkyl halides is 3. The molecule has 0 aliphatic carbocycles. The normalized spacial score (nSPS) is 12.2. The number of allylic oxidation sites excluding steroid dienone is 3. The lowest BCUT2D eigenvalue weighted by Gasteiger charge is -2.13. The summed E-state index contributed by atoms with van der Waals surface area (Å²) < 4.78 is 38.6. The first kappa shape index (κ1) is 24.6. The second-order valence-electron chi connectivity index (χ2n) is 6.85. The molecule has 31 heavy (non-hydrogen) atoms. The quantitative estimate of drug-likeness (QED) is 0.188. The number of hydrogen-bond donors (Lipinski definition) is 3. The van der Waals surface area contributed by atoms with Gasteiger partial charge in [0.05, 0.1) is 5.56 Å². The monoisotopic (exact) mass is 449 g/mol. The molecular weight excluding hydrogens is 423 g/mol. The number of nitrogens with one attached hydrogen (secondary N) is 2. The third kappa shape index (κ3) is 8.15. The van der Waals surface area contributed by atoms with Crippen LogP contribution in [0.4, 0.5) is 18.9 Å². The van der Waals surface area contributed by atoms with Gasteiger partial charge in [-0.2, -0.15) is 13.2 Å². The summed E-state index contributed by atoms with van der Waals surface area (Å²) in [5, 5.41) is 11.1. The Bertz CT molecular complexity index is 927. The average Bonchev–Trinajstić information content (AvgIpc) is 2.74. The standard InChI is InChI=1S/C23H26F3N3OS/c1-17-8-9-18(10-11-29-21-7-4-6-20(14-21)23(24,25)26)13-22(17)19(15-28-16-30)5-2-3-12-31-27/h2,4-9,13-16,29H,3,10-12,27H2,1H3,(H,28,30)/b5-2-,19-15+. The van der Waals surface area contributed by atoms with Crippen LogP contribution in [0, 0.1) is 6.92 Å². The van der Waals surface area contributed by atoms with Gasteiger partial charge in [0.15, 0.2) is 0 Å². The van der Waals surface area contributed by atoms with E-state index in [0.717, 1.165) is 46.6 Å². The van der Waals surface area contributed by atoms with Crippen LogP contribution >= 0.6 is 11.9 Å². The molecular formula is C23H26F3N3OS. The molecule has 4 nitrogen and oxygen atoms in total. The van der Waals surface area contributed by atoms with Crippen LogP contribution in [-0.4, -0.2) is 18.7 Å². The van der Waals surface area contributed by atoms with Crippen LogP contribution in [0.3, 0.4) is 0 Å². The van der Waals surface area contributed by atoms with Crippen LogP contribution in [0.25, 0.3) is 5.57 Å². The summed E-state index contributed by atoms with van der Waals surface area (Å²) in [6.07, 6.45) is 3.27. The van der Waals surface area contributed by atoms with Crippen LogP contribution in [0.1, 0.15) is 28.7 Å². The molecule has 4 N–H and O–H groups in total. The van der Waals surface area contributed by atoms with Gasteiger partial charge in [-0.15, -0.1) is 0 Å². The van der Waals surface area contributed by atoms with Crippen molar-refractivity contribution in [3.05, 3.63) is 83.1 Å². The molecule has 0 atom stereocenters. The second kappa shape index (κ2) is 12.2. The van der Waals surface area contributed by atoms with E-state index >= 15 is 0 Å². The number of halogens is 3. The Morgan fingerprint density at radius 3 is 2.71 bits per heavy atom. The Balaban J connectivity index is 2.10. The van der Waals surface area contributed by atoms with Crippen LogP contribution in [-0.2, 0) is 17.4 Å². The first-order valence-corrected chi connectivity index (χ1v) is 10.8. The molecule has 0 spiro atoms. The fourth-order valence-electron chi connectivity index (χ4n) is 2.98. The highest BCUT2D eigenvalue weighted by Gasteiger charge is 2.30. The van der Waals surface area contributed by atoms with Crippen molar-refractivity contribution in [2.45, 2.75) is 25.9 Å². The average molecular weight is 450 g/mol. The van der Waals surface area contributed by atoms with E-state index in [-0.39, 0.29) is 0 Å². The zero-order valence-electron chi connectivity index (χ0n) is 17.2. The Hall–Kier alpha value is -2.71. The highest BCUT2D eigenvalue weighted by Crippen LogP contribution is 2.30. The van der Waals surface area contributed by atoms with E-state index in [0.29, 0.717) is 25.1 Å². The van der Waals surface area contributed by atoms with Crippen LogP contribution in [0.2, 0.25) is 0 Å². The topological polar surface area (TPSA) is 67.2 Å². The molecule has 0 unspecified atom stereocenters. The molecule has 0 radical (unpaired) electrons. The minimum Gasteiger partial charge on any atom is -0.385 e. The lowest BCUT2D eigenvalue weighted by Crippen LogP contribution is -2.08. The highest BCUT2D eigenvalue weighted by atomic mass is 32.2. The summed E-state index contributed by atoms with van der Waals surface area (Å²) >= 11 is 1.27. The van der Waals surface area contributed by atoms with Gasteiger partial charge < -0.3 is 10.6 Å². The van der Waals surface area contributed by atoms with Gasteiger partial charge in [0.2, 0.25) is 6.41 Å². The third-order valence-corrected chi connectivity index (χ3v) is 5.02. The predicted octanol–water partition coefficient (Wildman–Crippen LogP) is 5.31. The number of rotatable bonds is 11. The van der Waals surface area contributed by atoms with E-state index in [1.54, 1.807) is 12.3 Å². The van der Waals surface area contributed by atoms with Crippen molar-refractivity contribution in [1.82, 2.24) is 5.32 Å². The van der Waals surface area contributed by atoms with Crippen molar-refractivity contribution in [2.24, 2.45) is 5.14 Å². The fraction of sp³-hybridized carbons (Fsp3) is 0.261. The van der Waals surface area contributed by atoms with Crippen LogP contribution in [0.5, 0.6) is 0 Å². The number of carbonyl (C=O) groups is 1. The van der Waals surface area contributed by atoms with Gasteiger partial charge in [0.25, 0.3) is 0 Å². The van der Waals surface area contributed by atoms with Crippen molar-refractivity contribution < 1.29 is 18.0 Å². The van der Waals surface area contributed by atoms with Gasteiger partial charge in [0.1, 0.15) is 0 Å². The number of amides is 1. The van der Waals surface area contributed by atoms with Gasteiger partial charge in [-0.05, 0) is 60.2 Å². The lowest BCUT2D eigenvalue weighted by molar-refractivity contribution is -0.137. The van der Waals surface area contributed by atoms with E-state index in [2.05, 4.69) is 10.6 Å².